The molecule has 1 aliphatic heterocycles. The average molecular weight is 449 g/mol. The van der Waals surface area contributed by atoms with Crippen LogP contribution in [-0.2, 0) is 9.47 Å². The van der Waals surface area contributed by atoms with Gasteiger partial charge >= 0.3 is 141 Å². The van der Waals surface area contributed by atoms with E-state index in [2.05, 4.69) is 55.0 Å². The maximum Gasteiger partial charge on any atom is -1.00 e. The molecule has 0 saturated heterocycles. The van der Waals surface area contributed by atoms with Crippen LogP contribution in [0.1, 0.15) is 34.1 Å². The Labute approximate surface area is 157 Å². The zero-order valence-electron chi connectivity index (χ0n) is 14.5. The van der Waals surface area contributed by atoms with E-state index in [9.17, 15) is 0 Å². The molecule has 2 rings (SSSR count). The number of benzene rings is 1. The number of ether oxygens (including phenoxy) is 2. The molecule has 0 N–H and O–H groups in total. The molecule has 5 heteroatoms. The van der Waals surface area contributed by atoms with Crippen LogP contribution in [0.25, 0.3) is 0 Å². The molecular formula is C18H28BrNO2Se. The van der Waals surface area contributed by atoms with E-state index in [1.54, 1.807) is 0 Å². The average Bonchev–Trinajstić information content (AvgIpc) is 2.86. The van der Waals surface area contributed by atoms with Crippen molar-refractivity contribution in [1.29, 1.82) is 0 Å². The molecule has 1 unspecified atom stereocenters. The van der Waals surface area contributed by atoms with Crippen LogP contribution in [0.4, 0.5) is 0 Å². The van der Waals surface area contributed by atoms with Gasteiger partial charge in [0.25, 0.3) is 0 Å². The van der Waals surface area contributed by atoms with Crippen molar-refractivity contribution in [3.05, 3.63) is 30.3 Å². The molecule has 1 aliphatic rings. The van der Waals surface area contributed by atoms with E-state index in [0.717, 1.165) is 6.42 Å². The van der Waals surface area contributed by atoms with Crippen molar-refractivity contribution in [2.75, 3.05) is 13.2 Å². The first kappa shape index (κ1) is 20.9. The molecule has 0 fully saturated rings. The van der Waals surface area contributed by atoms with Gasteiger partial charge in [-0.05, 0) is 0 Å². The second kappa shape index (κ2) is 9.95. The zero-order valence-corrected chi connectivity index (χ0v) is 17.8. The van der Waals surface area contributed by atoms with Crippen LogP contribution in [0.5, 0.6) is 0 Å². The molecule has 1 aromatic carbocycles. The van der Waals surface area contributed by atoms with Crippen molar-refractivity contribution in [3.63, 3.8) is 0 Å². The molecule has 0 aliphatic carbocycles. The minimum Gasteiger partial charge on any atom is -1.00 e. The summed E-state index contributed by atoms with van der Waals surface area (Å²) in [6, 6.07) is 11.8. The molecule has 3 nitrogen and oxygen atoms in total. The normalized spacial score (nSPS) is 19.5. The van der Waals surface area contributed by atoms with Crippen molar-refractivity contribution in [2.24, 2.45) is 0 Å². The van der Waals surface area contributed by atoms with Gasteiger partial charge in [-0.3, -0.25) is 0 Å². The van der Waals surface area contributed by atoms with Gasteiger partial charge in [-0.1, -0.05) is 0 Å². The molecule has 130 valence electrons. The molecule has 0 aromatic heterocycles. The Kier molecular flexibility index (Phi) is 9.02. The summed E-state index contributed by atoms with van der Waals surface area (Å²) in [5.41, 5.74) is 0. The predicted octanol–water partition coefficient (Wildman–Crippen LogP) is -0.528. The second-order valence-corrected chi connectivity index (χ2v) is 8.12. The van der Waals surface area contributed by atoms with E-state index < -0.39 is 5.79 Å². The second-order valence-electron chi connectivity index (χ2n) is 5.83. The van der Waals surface area contributed by atoms with Crippen molar-refractivity contribution in [2.45, 2.75) is 57.3 Å². The summed E-state index contributed by atoms with van der Waals surface area (Å²) >= 11 is 0.488. The van der Waals surface area contributed by atoms with E-state index in [-0.39, 0.29) is 17.0 Å². The number of halogens is 1. The van der Waals surface area contributed by atoms with Crippen LogP contribution in [0.2, 0.25) is 5.32 Å². The summed E-state index contributed by atoms with van der Waals surface area (Å²) in [5, 5.41) is 1.19. The fourth-order valence-electron chi connectivity index (χ4n) is 2.97. The molecule has 0 spiro atoms. The van der Waals surface area contributed by atoms with Gasteiger partial charge in [-0.2, -0.15) is 0 Å². The zero-order chi connectivity index (χ0) is 16.0. The van der Waals surface area contributed by atoms with Crippen molar-refractivity contribution in [1.82, 2.24) is 0 Å². The van der Waals surface area contributed by atoms with Crippen LogP contribution >= 0.6 is 0 Å². The SMILES string of the molecule is CCOC1(OCC)C=[N+](C(C)C)C(C[Se]c2ccccc2)C1.[Br-]. The van der Waals surface area contributed by atoms with E-state index in [4.69, 9.17) is 9.47 Å². The van der Waals surface area contributed by atoms with Gasteiger partial charge in [0.1, 0.15) is 0 Å². The Morgan fingerprint density at radius 3 is 2.30 bits per heavy atom. The maximum absolute atomic E-state index is 5.98. The quantitative estimate of drug-likeness (QED) is 0.303. The first-order valence-corrected chi connectivity index (χ1v) is 10.3. The van der Waals surface area contributed by atoms with Crippen LogP contribution < -0.4 is 21.4 Å². The van der Waals surface area contributed by atoms with E-state index in [1.807, 2.05) is 13.8 Å². The van der Waals surface area contributed by atoms with Gasteiger partial charge in [0.05, 0.1) is 0 Å². The van der Waals surface area contributed by atoms with E-state index >= 15 is 0 Å². The predicted molar refractivity (Wildman–Crippen MR) is 92.5 cm³/mol. The van der Waals surface area contributed by atoms with Crippen LogP contribution in [0.15, 0.2) is 30.3 Å². The van der Waals surface area contributed by atoms with Crippen molar-refractivity contribution >= 4 is 25.6 Å². The summed E-state index contributed by atoms with van der Waals surface area (Å²) < 4.78 is 15.9. The molecule has 0 amide bonds. The Morgan fingerprint density at radius 2 is 1.78 bits per heavy atom. The molecule has 1 heterocycles. The smallest absolute Gasteiger partial charge is 1.00 e. The van der Waals surface area contributed by atoms with Crippen LogP contribution in [-0.4, -0.2) is 56.8 Å². The van der Waals surface area contributed by atoms with Gasteiger partial charge < -0.3 is 17.0 Å². The topological polar surface area (TPSA) is 21.5 Å². The van der Waals surface area contributed by atoms with Gasteiger partial charge in [0.15, 0.2) is 0 Å². The Morgan fingerprint density at radius 1 is 1.17 bits per heavy atom. The monoisotopic (exact) mass is 449 g/mol. The Hall–Kier alpha value is -0.191. The third kappa shape index (κ3) is 5.68. The van der Waals surface area contributed by atoms with Crippen LogP contribution in [0.3, 0.4) is 0 Å². The number of rotatable bonds is 8. The number of hydrogen-bond donors (Lipinski definition) is 0. The third-order valence-electron chi connectivity index (χ3n) is 3.85. The van der Waals surface area contributed by atoms with E-state index in [0.29, 0.717) is 40.3 Å². The summed E-state index contributed by atoms with van der Waals surface area (Å²) in [4.78, 5) is 0. The van der Waals surface area contributed by atoms with Crippen molar-refractivity contribution in [3.8, 4) is 0 Å². The Bertz CT molecular complexity index is 487. The maximum atomic E-state index is 5.98. The van der Waals surface area contributed by atoms with Gasteiger partial charge in [0.2, 0.25) is 0 Å². The molecule has 0 radical (unpaired) electrons. The molecule has 0 saturated carbocycles. The number of hydrogen-bond acceptors (Lipinski definition) is 2. The molecular weight excluding hydrogens is 421 g/mol. The largest absolute Gasteiger partial charge is 1.00 e. The summed E-state index contributed by atoms with van der Waals surface area (Å²) in [7, 11) is 0. The summed E-state index contributed by atoms with van der Waals surface area (Å²) in [6.07, 6.45) is 3.12. The standard InChI is InChI=1S/C18H28NO2Se.BrH/c1-5-20-18(21-6-2)12-16(19(14-18)15(3)4)13-22-17-10-8-7-9-11-17;/h7-11,14-16H,5-6,12-13H2,1-4H3;1H/q+1;/p-1. The fourth-order valence-corrected chi connectivity index (χ4v) is 5.12. The molecule has 0 bridgehead atoms. The van der Waals surface area contributed by atoms with Gasteiger partial charge in [-0.15, -0.1) is 0 Å². The fraction of sp³-hybridized carbons (Fsp3) is 0.611. The van der Waals surface area contributed by atoms with Gasteiger partial charge in [0, 0.05) is 0 Å². The first-order valence-electron chi connectivity index (χ1n) is 8.19. The summed E-state index contributed by atoms with van der Waals surface area (Å²) in [5.74, 6) is -0.523. The molecule has 1 aromatic rings. The number of nitrogens with zero attached hydrogens (tertiary/aromatic N) is 1. The minimum absolute atomic E-state index is 0. The Balaban J connectivity index is 0.00000264. The van der Waals surface area contributed by atoms with Gasteiger partial charge in [-0.25, -0.2) is 0 Å². The first-order chi connectivity index (χ1) is 10.6. The third-order valence-corrected chi connectivity index (χ3v) is 6.27. The minimum atomic E-state index is -0.523. The van der Waals surface area contributed by atoms with Crippen LogP contribution in [0, 0.1) is 0 Å². The molecule has 23 heavy (non-hydrogen) atoms. The summed E-state index contributed by atoms with van der Waals surface area (Å²) in [6.45, 7) is 9.92. The van der Waals surface area contributed by atoms with Crippen molar-refractivity contribution < 1.29 is 31.0 Å². The van der Waals surface area contributed by atoms with E-state index in [1.165, 1.54) is 9.78 Å². The molecule has 1 atom stereocenters.